The molecule has 0 N–H and O–H groups in total. The SMILES string of the molecule is COC(=O)[C@@H](c1ccccc1)N(C)C(=O)[C@@H]1CCS(=O)(=O)C1. The molecule has 1 amide bonds. The Balaban J connectivity index is 2.24. The molecule has 0 spiro atoms. The first-order valence-electron chi connectivity index (χ1n) is 6.95. The number of methoxy groups -OCH3 is 1. The van der Waals surface area contributed by atoms with Crippen molar-refractivity contribution in [1.82, 2.24) is 4.90 Å². The van der Waals surface area contributed by atoms with Crippen LogP contribution in [0.4, 0.5) is 0 Å². The number of carbonyl (C=O) groups excluding carboxylic acids is 2. The summed E-state index contributed by atoms with van der Waals surface area (Å²) in [5.74, 6) is -1.63. The maximum Gasteiger partial charge on any atom is 0.333 e. The number of esters is 1. The average molecular weight is 325 g/mol. The predicted molar refractivity (Wildman–Crippen MR) is 80.7 cm³/mol. The van der Waals surface area contributed by atoms with Crippen molar-refractivity contribution in [2.24, 2.45) is 5.92 Å². The minimum Gasteiger partial charge on any atom is -0.467 e. The van der Waals surface area contributed by atoms with Crippen LogP contribution >= 0.6 is 0 Å². The van der Waals surface area contributed by atoms with Gasteiger partial charge in [-0.1, -0.05) is 30.3 Å². The normalized spacial score (nSPS) is 21.1. The van der Waals surface area contributed by atoms with Gasteiger partial charge >= 0.3 is 5.97 Å². The minimum atomic E-state index is -3.15. The highest BCUT2D eigenvalue weighted by Gasteiger charge is 2.38. The van der Waals surface area contributed by atoms with Gasteiger partial charge in [-0.25, -0.2) is 13.2 Å². The fourth-order valence-electron chi connectivity index (χ4n) is 2.67. The molecule has 22 heavy (non-hydrogen) atoms. The van der Waals surface area contributed by atoms with E-state index in [9.17, 15) is 18.0 Å². The third-order valence-corrected chi connectivity index (χ3v) is 5.62. The van der Waals surface area contributed by atoms with Gasteiger partial charge in [0.05, 0.1) is 24.5 Å². The largest absolute Gasteiger partial charge is 0.467 e. The van der Waals surface area contributed by atoms with E-state index in [4.69, 9.17) is 4.74 Å². The molecule has 0 bridgehead atoms. The molecule has 0 aromatic heterocycles. The van der Waals surface area contributed by atoms with Crippen molar-refractivity contribution < 1.29 is 22.7 Å². The highest BCUT2D eigenvalue weighted by molar-refractivity contribution is 7.91. The van der Waals surface area contributed by atoms with Crippen molar-refractivity contribution in [3.8, 4) is 0 Å². The summed E-state index contributed by atoms with van der Waals surface area (Å²) in [5, 5.41) is 0. The smallest absolute Gasteiger partial charge is 0.333 e. The van der Waals surface area contributed by atoms with Gasteiger partial charge in [0.15, 0.2) is 15.9 Å². The lowest BCUT2D eigenvalue weighted by atomic mass is 10.0. The number of nitrogens with zero attached hydrogens (tertiary/aromatic N) is 1. The first-order chi connectivity index (χ1) is 10.4. The first kappa shape index (κ1) is 16.5. The van der Waals surface area contributed by atoms with Crippen LogP contribution in [-0.4, -0.2) is 50.9 Å². The summed E-state index contributed by atoms with van der Waals surface area (Å²) in [6, 6.07) is 7.94. The van der Waals surface area contributed by atoms with Crippen molar-refractivity contribution in [3.63, 3.8) is 0 Å². The average Bonchev–Trinajstić information content (AvgIpc) is 2.87. The summed E-state index contributed by atoms with van der Waals surface area (Å²) in [6.07, 6.45) is 0.300. The van der Waals surface area contributed by atoms with Crippen LogP contribution in [0.2, 0.25) is 0 Å². The molecule has 6 nitrogen and oxygen atoms in total. The second kappa shape index (κ2) is 6.48. The molecule has 2 atom stereocenters. The molecular formula is C15H19NO5S. The third kappa shape index (κ3) is 3.47. The van der Waals surface area contributed by atoms with Crippen molar-refractivity contribution in [2.75, 3.05) is 25.7 Å². The van der Waals surface area contributed by atoms with Crippen molar-refractivity contribution in [2.45, 2.75) is 12.5 Å². The van der Waals surface area contributed by atoms with Gasteiger partial charge in [-0.3, -0.25) is 4.79 Å². The van der Waals surface area contributed by atoms with E-state index in [1.807, 2.05) is 6.07 Å². The van der Waals surface area contributed by atoms with Crippen LogP contribution < -0.4 is 0 Å². The maximum atomic E-state index is 12.5. The standard InChI is InChI=1S/C15H19NO5S/c1-16(14(17)12-8-9-22(19,20)10-12)13(15(18)21-2)11-6-4-3-5-7-11/h3-7,12-13H,8-10H2,1-2H3/t12-,13-/m1/s1. The number of sulfone groups is 1. The number of ether oxygens (including phenoxy) is 1. The predicted octanol–water partition coefficient (Wildman–Crippen LogP) is 0.794. The Kier molecular flexibility index (Phi) is 4.85. The second-order valence-electron chi connectivity index (χ2n) is 5.39. The monoisotopic (exact) mass is 325 g/mol. The van der Waals surface area contributed by atoms with Crippen molar-refractivity contribution >= 4 is 21.7 Å². The molecule has 7 heteroatoms. The molecule has 1 aromatic rings. The number of hydrogen-bond donors (Lipinski definition) is 0. The topological polar surface area (TPSA) is 80.8 Å². The number of benzene rings is 1. The molecule has 120 valence electrons. The van der Waals surface area contributed by atoms with Gasteiger partial charge in [-0.05, 0) is 12.0 Å². The summed E-state index contributed by atoms with van der Waals surface area (Å²) in [6.45, 7) is 0. The zero-order valence-electron chi connectivity index (χ0n) is 12.6. The van der Waals surface area contributed by atoms with E-state index in [0.29, 0.717) is 12.0 Å². The Morgan fingerprint density at radius 2 is 1.91 bits per heavy atom. The lowest BCUT2D eigenvalue weighted by molar-refractivity contribution is -0.153. The molecule has 0 saturated carbocycles. The number of hydrogen-bond acceptors (Lipinski definition) is 5. The number of rotatable bonds is 4. The summed E-state index contributed by atoms with van der Waals surface area (Å²) in [5.41, 5.74) is 0.631. The lowest BCUT2D eigenvalue weighted by Gasteiger charge is -2.28. The molecular weight excluding hydrogens is 306 g/mol. The Bertz CT molecular complexity index is 656. The van der Waals surface area contributed by atoms with Crippen LogP contribution in [0.5, 0.6) is 0 Å². The van der Waals surface area contributed by atoms with Crippen LogP contribution in [0, 0.1) is 5.92 Å². The van der Waals surface area contributed by atoms with Crippen LogP contribution in [0.1, 0.15) is 18.0 Å². The molecule has 0 unspecified atom stereocenters. The van der Waals surface area contributed by atoms with Gasteiger partial charge in [-0.15, -0.1) is 0 Å². The molecule has 1 aliphatic heterocycles. The molecule has 1 aliphatic rings. The van der Waals surface area contributed by atoms with E-state index in [0.717, 1.165) is 0 Å². The number of amides is 1. The summed E-state index contributed by atoms with van der Waals surface area (Å²) in [4.78, 5) is 25.9. The van der Waals surface area contributed by atoms with Crippen LogP contribution in [0.25, 0.3) is 0 Å². The van der Waals surface area contributed by atoms with E-state index in [-0.39, 0.29) is 17.4 Å². The number of likely N-dealkylation sites (N-methyl/N-ethyl adjacent to an activating group) is 1. The van der Waals surface area contributed by atoms with Crippen LogP contribution in [0.15, 0.2) is 30.3 Å². The van der Waals surface area contributed by atoms with Crippen LogP contribution in [0.3, 0.4) is 0 Å². The number of carbonyl (C=O) groups is 2. The molecule has 0 radical (unpaired) electrons. The highest BCUT2D eigenvalue weighted by atomic mass is 32.2. The lowest BCUT2D eigenvalue weighted by Crippen LogP contribution is -2.40. The summed E-state index contributed by atoms with van der Waals surface area (Å²) < 4.78 is 27.9. The van der Waals surface area contributed by atoms with Crippen molar-refractivity contribution in [3.05, 3.63) is 35.9 Å². The molecule has 2 rings (SSSR count). The van der Waals surface area contributed by atoms with Gasteiger partial charge in [0.1, 0.15) is 0 Å². The first-order valence-corrected chi connectivity index (χ1v) is 8.77. The summed E-state index contributed by atoms with van der Waals surface area (Å²) in [7, 11) is -0.391. The summed E-state index contributed by atoms with van der Waals surface area (Å²) >= 11 is 0. The Morgan fingerprint density at radius 3 is 2.41 bits per heavy atom. The fraction of sp³-hybridized carbons (Fsp3) is 0.467. The van der Waals surface area contributed by atoms with E-state index in [2.05, 4.69) is 0 Å². The highest BCUT2D eigenvalue weighted by Crippen LogP contribution is 2.26. The zero-order valence-corrected chi connectivity index (χ0v) is 13.4. The Hall–Kier alpha value is -1.89. The quantitative estimate of drug-likeness (QED) is 0.765. The van der Waals surface area contributed by atoms with E-state index in [1.165, 1.54) is 19.1 Å². The van der Waals surface area contributed by atoms with E-state index in [1.54, 1.807) is 24.3 Å². The zero-order chi connectivity index (χ0) is 16.3. The molecule has 1 heterocycles. The van der Waals surface area contributed by atoms with Crippen LogP contribution in [-0.2, 0) is 24.2 Å². The molecule has 1 fully saturated rings. The fourth-order valence-corrected chi connectivity index (χ4v) is 4.40. The van der Waals surface area contributed by atoms with Gasteiger partial charge in [-0.2, -0.15) is 0 Å². The Morgan fingerprint density at radius 1 is 1.27 bits per heavy atom. The Labute approximate surface area is 130 Å². The second-order valence-corrected chi connectivity index (χ2v) is 7.61. The van der Waals surface area contributed by atoms with Crippen molar-refractivity contribution in [1.29, 1.82) is 0 Å². The van der Waals surface area contributed by atoms with Gasteiger partial charge in [0, 0.05) is 7.05 Å². The minimum absolute atomic E-state index is 0.0193. The molecule has 0 aliphatic carbocycles. The maximum absolute atomic E-state index is 12.5. The van der Waals surface area contributed by atoms with E-state index < -0.39 is 27.8 Å². The van der Waals surface area contributed by atoms with Gasteiger partial charge in [0.2, 0.25) is 5.91 Å². The molecule has 1 aromatic carbocycles. The van der Waals surface area contributed by atoms with E-state index >= 15 is 0 Å². The molecule has 1 saturated heterocycles. The van der Waals surface area contributed by atoms with Gasteiger partial charge < -0.3 is 9.64 Å². The third-order valence-electron chi connectivity index (χ3n) is 3.86. The van der Waals surface area contributed by atoms with Gasteiger partial charge in [0.25, 0.3) is 0 Å².